The summed E-state index contributed by atoms with van der Waals surface area (Å²) in [6.07, 6.45) is 16.6. The molecule has 0 aliphatic carbocycles. The first kappa shape index (κ1) is 22.4. The molecule has 0 saturated carbocycles. The molecule has 0 rings (SSSR count). The lowest BCUT2D eigenvalue weighted by Gasteiger charge is -2.02. The molecule has 0 unspecified atom stereocenters. The minimum Gasteiger partial charge on any atom is -0.481 e. The Morgan fingerprint density at radius 2 is 1.04 bits per heavy atom. The molecule has 0 aliphatic rings. The number of hydrogen-bond donors (Lipinski definition) is 1. The molecule has 0 aromatic rings. The van der Waals surface area contributed by atoms with E-state index in [-0.39, 0.29) is 6.42 Å². The summed E-state index contributed by atoms with van der Waals surface area (Å²) >= 11 is 0. The summed E-state index contributed by atoms with van der Waals surface area (Å²) in [4.78, 5) is 10.5. The Balaban J connectivity index is 3.96. The average Bonchev–Trinajstić information content (AvgIpc) is 2.49. The second-order valence-corrected chi connectivity index (χ2v) is 6.98. The zero-order valence-electron chi connectivity index (χ0n) is 16.3. The van der Waals surface area contributed by atoms with Gasteiger partial charge in [0.15, 0.2) is 0 Å². The Morgan fingerprint density at radius 3 is 1.50 bits per heavy atom. The Kier molecular flexibility index (Phi) is 12.9. The van der Waals surface area contributed by atoms with Crippen LogP contribution < -0.4 is 0 Å². The maximum Gasteiger partial charge on any atom is 0.303 e. The molecule has 24 heavy (non-hydrogen) atoms. The first-order valence-corrected chi connectivity index (χ1v) is 9.13. The molecular weight excluding hydrogens is 296 g/mol. The van der Waals surface area contributed by atoms with E-state index in [2.05, 4.69) is 52.0 Å². The van der Waals surface area contributed by atoms with Crippen LogP contribution >= 0.6 is 0 Å². The van der Waals surface area contributed by atoms with Gasteiger partial charge in [0.25, 0.3) is 0 Å². The molecule has 0 saturated heterocycles. The summed E-state index contributed by atoms with van der Waals surface area (Å²) < 4.78 is 0. The van der Waals surface area contributed by atoms with E-state index >= 15 is 0 Å². The summed E-state index contributed by atoms with van der Waals surface area (Å²) in [7, 11) is 0. The Bertz CT molecular complexity index is 486. The van der Waals surface area contributed by atoms with Crippen LogP contribution in [0.1, 0.15) is 86.0 Å². The lowest BCUT2D eigenvalue weighted by molar-refractivity contribution is -0.136. The molecule has 0 atom stereocenters. The van der Waals surface area contributed by atoms with Gasteiger partial charge in [0.1, 0.15) is 0 Å². The van der Waals surface area contributed by atoms with E-state index < -0.39 is 5.97 Å². The third kappa shape index (κ3) is 15.3. The number of allylic oxidation sites excluding steroid dienone is 8. The van der Waals surface area contributed by atoms with Gasteiger partial charge < -0.3 is 5.11 Å². The molecule has 0 aromatic carbocycles. The molecule has 0 bridgehead atoms. The van der Waals surface area contributed by atoms with Crippen LogP contribution in [0, 0.1) is 0 Å². The molecule has 2 heteroatoms. The van der Waals surface area contributed by atoms with Gasteiger partial charge in [0.05, 0.1) is 0 Å². The van der Waals surface area contributed by atoms with Crippen molar-refractivity contribution in [2.75, 3.05) is 0 Å². The van der Waals surface area contributed by atoms with Crippen LogP contribution in [0.3, 0.4) is 0 Å². The van der Waals surface area contributed by atoms with E-state index in [1.54, 1.807) is 0 Å². The number of aliphatic carboxylic acids is 1. The van der Waals surface area contributed by atoms with Crippen molar-refractivity contribution in [1.29, 1.82) is 0 Å². The van der Waals surface area contributed by atoms with Crippen LogP contribution in [0.5, 0.6) is 0 Å². The van der Waals surface area contributed by atoms with Gasteiger partial charge in [-0.15, -0.1) is 0 Å². The summed E-state index contributed by atoms with van der Waals surface area (Å²) in [5.41, 5.74) is 5.50. The number of carbonyl (C=O) groups is 1. The third-order valence-corrected chi connectivity index (χ3v) is 4.01. The fourth-order valence-corrected chi connectivity index (χ4v) is 2.40. The van der Waals surface area contributed by atoms with Gasteiger partial charge in [-0.1, -0.05) is 46.6 Å². The highest BCUT2D eigenvalue weighted by Crippen LogP contribution is 2.13. The quantitative estimate of drug-likeness (QED) is 0.308. The van der Waals surface area contributed by atoms with Crippen molar-refractivity contribution in [3.8, 4) is 0 Å². The van der Waals surface area contributed by atoms with Crippen molar-refractivity contribution in [3.63, 3.8) is 0 Å². The van der Waals surface area contributed by atoms with Crippen LogP contribution in [0.2, 0.25) is 0 Å². The molecule has 2 nitrogen and oxygen atoms in total. The highest BCUT2D eigenvalue weighted by Gasteiger charge is 1.97. The van der Waals surface area contributed by atoms with Gasteiger partial charge in [-0.25, -0.2) is 0 Å². The van der Waals surface area contributed by atoms with E-state index in [0.717, 1.165) is 38.5 Å². The second kappa shape index (κ2) is 13.8. The van der Waals surface area contributed by atoms with E-state index in [1.807, 2.05) is 6.92 Å². The molecule has 0 aliphatic heterocycles. The first-order valence-electron chi connectivity index (χ1n) is 9.13. The molecular formula is C22H36O2. The smallest absolute Gasteiger partial charge is 0.303 e. The number of unbranched alkanes of at least 4 members (excludes halogenated alkanes) is 1. The van der Waals surface area contributed by atoms with Crippen molar-refractivity contribution < 1.29 is 9.90 Å². The Morgan fingerprint density at radius 1 is 0.625 bits per heavy atom. The van der Waals surface area contributed by atoms with Gasteiger partial charge in [-0.2, -0.15) is 0 Å². The number of carboxylic acids is 1. The molecule has 0 aromatic heterocycles. The van der Waals surface area contributed by atoms with Crippen molar-refractivity contribution in [3.05, 3.63) is 46.6 Å². The predicted octanol–water partition coefficient (Wildman–Crippen LogP) is 7.00. The van der Waals surface area contributed by atoms with Crippen LogP contribution in [0.4, 0.5) is 0 Å². The summed E-state index contributed by atoms with van der Waals surface area (Å²) in [5, 5.41) is 8.66. The van der Waals surface area contributed by atoms with E-state index in [9.17, 15) is 4.79 Å². The standard InChI is InChI=1S/C22H36O2/c1-18(2)10-8-13-20(4)15-9-14-19(3)11-6-7-12-21(5)16-17-22(23)24/h10-12,15H,6-9,13-14,16-17H2,1-5H3,(H,23,24). The van der Waals surface area contributed by atoms with Crippen LogP contribution in [0.15, 0.2) is 46.6 Å². The zero-order valence-corrected chi connectivity index (χ0v) is 16.3. The van der Waals surface area contributed by atoms with E-state index in [0.29, 0.717) is 6.42 Å². The predicted molar refractivity (Wildman–Crippen MR) is 105 cm³/mol. The summed E-state index contributed by atoms with van der Waals surface area (Å²) in [5.74, 6) is -0.720. The molecule has 1 N–H and O–H groups in total. The van der Waals surface area contributed by atoms with Crippen LogP contribution in [-0.2, 0) is 4.79 Å². The Labute approximate surface area is 149 Å². The summed E-state index contributed by atoms with van der Waals surface area (Å²) in [6.45, 7) is 10.7. The molecule has 136 valence electrons. The fourth-order valence-electron chi connectivity index (χ4n) is 2.40. The van der Waals surface area contributed by atoms with Crippen molar-refractivity contribution in [2.24, 2.45) is 0 Å². The van der Waals surface area contributed by atoms with Gasteiger partial charge >= 0.3 is 5.97 Å². The topological polar surface area (TPSA) is 37.3 Å². The number of carboxylic acid groups (broad SMARTS) is 1. The van der Waals surface area contributed by atoms with Gasteiger partial charge in [-0.05, 0) is 79.6 Å². The summed E-state index contributed by atoms with van der Waals surface area (Å²) in [6, 6.07) is 0. The monoisotopic (exact) mass is 332 g/mol. The minimum absolute atomic E-state index is 0.233. The van der Waals surface area contributed by atoms with Crippen LogP contribution in [-0.4, -0.2) is 11.1 Å². The molecule has 0 fully saturated rings. The van der Waals surface area contributed by atoms with Crippen molar-refractivity contribution in [1.82, 2.24) is 0 Å². The Hall–Kier alpha value is -1.57. The third-order valence-electron chi connectivity index (χ3n) is 4.01. The van der Waals surface area contributed by atoms with Gasteiger partial charge in [0, 0.05) is 6.42 Å². The molecule has 0 amide bonds. The van der Waals surface area contributed by atoms with Gasteiger partial charge in [0.2, 0.25) is 0 Å². The average molecular weight is 333 g/mol. The highest BCUT2D eigenvalue weighted by atomic mass is 16.4. The first-order chi connectivity index (χ1) is 11.3. The number of hydrogen-bond acceptors (Lipinski definition) is 1. The van der Waals surface area contributed by atoms with E-state index in [1.165, 1.54) is 22.3 Å². The fraction of sp³-hybridized carbons (Fsp3) is 0.591. The largest absolute Gasteiger partial charge is 0.481 e. The van der Waals surface area contributed by atoms with Crippen molar-refractivity contribution in [2.45, 2.75) is 86.0 Å². The lowest BCUT2D eigenvalue weighted by Crippen LogP contribution is -1.94. The van der Waals surface area contributed by atoms with E-state index in [4.69, 9.17) is 5.11 Å². The minimum atomic E-state index is -0.720. The van der Waals surface area contributed by atoms with Gasteiger partial charge in [-0.3, -0.25) is 4.79 Å². The molecule has 0 spiro atoms. The SMILES string of the molecule is CC(C)=CCCC(C)=CCCC(C)=CCCC=C(C)CCC(=O)O. The molecule has 0 heterocycles. The van der Waals surface area contributed by atoms with Crippen LogP contribution in [0.25, 0.3) is 0 Å². The zero-order chi connectivity index (χ0) is 18.4. The second-order valence-electron chi connectivity index (χ2n) is 6.98. The number of rotatable bonds is 12. The van der Waals surface area contributed by atoms with Crippen molar-refractivity contribution >= 4 is 5.97 Å². The normalized spacial score (nSPS) is 13.1. The maximum absolute atomic E-state index is 10.5. The lowest BCUT2D eigenvalue weighted by atomic mass is 10.0. The highest BCUT2D eigenvalue weighted by molar-refractivity contribution is 5.66. The molecule has 0 radical (unpaired) electrons. The maximum atomic E-state index is 10.5.